The number of carbonyl (C=O) groups excluding carboxylic acids is 1. The Hall–Kier alpha value is -3.17. The van der Waals surface area contributed by atoms with Crippen molar-refractivity contribution in [2.75, 3.05) is 5.75 Å². The Kier molecular flexibility index (Phi) is 9.73. The molecule has 1 aliphatic heterocycles. The van der Waals surface area contributed by atoms with Gasteiger partial charge in [0, 0.05) is 35.6 Å². The second kappa shape index (κ2) is 13.4. The smallest absolute Gasteiger partial charge is 0.303 e. The van der Waals surface area contributed by atoms with Crippen molar-refractivity contribution < 1.29 is 29.3 Å². The normalized spacial score (nSPS) is 19.3. The Morgan fingerprint density at radius 1 is 0.865 bits per heavy atom. The van der Waals surface area contributed by atoms with E-state index >= 15 is 0 Å². The minimum Gasteiger partial charge on any atom is -0.481 e. The van der Waals surface area contributed by atoms with Crippen LogP contribution in [0.1, 0.15) is 53.9 Å². The van der Waals surface area contributed by atoms with Gasteiger partial charge in [-0.2, -0.15) is 0 Å². The van der Waals surface area contributed by atoms with Gasteiger partial charge >= 0.3 is 5.97 Å². The Morgan fingerprint density at radius 3 is 2.22 bits per heavy atom. The van der Waals surface area contributed by atoms with Gasteiger partial charge in [0.1, 0.15) is 0 Å². The van der Waals surface area contributed by atoms with Crippen LogP contribution in [0.3, 0.4) is 0 Å². The average molecular weight is 522 g/mol. The average Bonchev–Trinajstić information content (AvgIpc) is 2.94. The van der Waals surface area contributed by atoms with E-state index in [2.05, 4.69) is 17.4 Å². The number of aliphatic hydroxyl groups is 1. The molecule has 1 fully saturated rings. The van der Waals surface area contributed by atoms with E-state index in [0.717, 1.165) is 34.4 Å². The van der Waals surface area contributed by atoms with Crippen molar-refractivity contribution >= 4 is 23.6 Å². The van der Waals surface area contributed by atoms with E-state index in [-0.39, 0.29) is 37.6 Å². The van der Waals surface area contributed by atoms with E-state index in [1.165, 1.54) is 4.90 Å². The van der Waals surface area contributed by atoms with E-state index < -0.39 is 12.3 Å². The van der Waals surface area contributed by atoms with Crippen LogP contribution >= 0.6 is 11.8 Å². The number of carboxylic acid groups (broad SMARTS) is 1. The topological polar surface area (TPSA) is 105 Å². The second-order valence-corrected chi connectivity index (χ2v) is 9.98. The number of ether oxygens (including phenoxy) is 2. The number of aliphatic carboxylic acids is 1. The third-order valence-electron chi connectivity index (χ3n) is 6.10. The summed E-state index contributed by atoms with van der Waals surface area (Å²) in [6.07, 6.45) is -0.234. The zero-order valence-corrected chi connectivity index (χ0v) is 21.2. The maximum Gasteiger partial charge on any atom is 0.303 e. The zero-order valence-electron chi connectivity index (χ0n) is 20.4. The molecule has 3 aromatic carbocycles. The van der Waals surface area contributed by atoms with Crippen molar-refractivity contribution in [3.63, 3.8) is 0 Å². The van der Waals surface area contributed by atoms with E-state index in [4.69, 9.17) is 14.6 Å². The van der Waals surface area contributed by atoms with Gasteiger partial charge in [0.2, 0.25) is 5.91 Å². The third kappa shape index (κ3) is 8.16. The Labute approximate surface area is 220 Å². The van der Waals surface area contributed by atoms with Crippen LogP contribution in [0.2, 0.25) is 0 Å². The van der Waals surface area contributed by atoms with Crippen LogP contribution in [0.5, 0.6) is 0 Å². The van der Waals surface area contributed by atoms with Crippen LogP contribution in [-0.2, 0) is 32.2 Å². The highest BCUT2D eigenvalue weighted by Crippen LogP contribution is 2.39. The summed E-state index contributed by atoms with van der Waals surface area (Å²) >= 11 is 1.75. The van der Waals surface area contributed by atoms with Crippen LogP contribution in [-0.4, -0.2) is 33.9 Å². The lowest BCUT2D eigenvalue weighted by Gasteiger charge is -2.36. The summed E-state index contributed by atoms with van der Waals surface area (Å²) in [5, 5.41) is 20.8. The molecular formula is C29H31NO6S. The predicted molar refractivity (Wildman–Crippen MR) is 141 cm³/mol. The zero-order chi connectivity index (χ0) is 26.0. The van der Waals surface area contributed by atoms with Crippen molar-refractivity contribution in [3.8, 4) is 0 Å². The molecule has 0 aliphatic carbocycles. The molecular weight excluding hydrogens is 490 g/mol. The largest absolute Gasteiger partial charge is 0.481 e. The number of carbonyl (C=O) groups is 2. The summed E-state index contributed by atoms with van der Waals surface area (Å²) < 4.78 is 12.8. The predicted octanol–water partition coefficient (Wildman–Crippen LogP) is 5.00. The molecule has 3 aromatic rings. The van der Waals surface area contributed by atoms with Gasteiger partial charge in [-0.05, 0) is 28.8 Å². The number of hydrogen-bond acceptors (Lipinski definition) is 6. The number of aliphatic hydroxyl groups excluding tert-OH is 1. The van der Waals surface area contributed by atoms with Crippen LogP contribution in [0, 0.1) is 0 Å². The number of benzene rings is 3. The minimum absolute atomic E-state index is 0.000241. The second-order valence-electron chi connectivity index (χ2n) is 8.89. The molecule has 3 N–H and O–H groups in total. The maximum absolute atomic E-state index is 11.8. The molecule has 0 spiro atoms. The first-order valence-electron chi connectivity index (χ1n) is 12.3. The van der Waals surface area contributed by atoms with Gasteiger partial charge in [-0.25, -0.2) is 0 Å². The molecule has 37 heavy (non-hydrogen) atoms. The fourth-order valence-electron chi connectivity index (χ4n) is 4.03. The SMILES string of the molecule is O=C(O)CCC(=O)NCc1ccc([C@H]2O[C@@H](CSc3ccccc3)C[C@@H](c3ccc(CO)cc3)O2)cc1. The molecule has 1 heterocycles. The number of hydrogen-bond donors (Lipinski definition) is 3. The summed E-state index contributed by atoms with van der Waals surface area (Å²) in [5.41, 5.74) is 3.68. The van der Waals surface area contributed by atoms with Crippen LogP contribution in [0.4, 0.5) is 0 Å². The molecule has 0 saturated carbocycles. The number of nitrogens with one attached hydrogen (secondary N) is 1. The van der Waals surface area contributed by atoms with E-state index in [1.54, 1.807) is 11.8 Å². The lowest BCUT2D eigenvalue weighted by Crippen LogP contribution is -2.31. The quantitative estimate of drug-likeness (QED) is 0.305. The Morgan fingerprint density at radius 2 is 1.54 bits per heavy atom. The van der Waals surface area contributed by atoms with Gasteiger partial charge < -0.3 is 25.0 Å². The number of carboxylic acids is 1. The number of rotatable bonds is 11. The van der Waals surface area contributed by atoms with Crippen molar-refractivity contribution in [2.24, 2.45) is 0 Å². The maximum atomic E-state index is 11.8. The standard InChI is InChI=1S/C29H31NO6S/c31-18-21-8-10-22(11-9-21)26-16-24(19-37-25-4-2-1-3-5-25)35-29(36-26)23-12-6-20(7-13-23)17-30-27(32)14-15-28(33)34/h1-13,24,26,29,31H,14-19H2,(H,30,32)(H,33,34)/t24-,26+,29+/m1/s1. The molecule has 8 heteroatoms. The van der Waals surface area contributed by atoms with Gasteiger partial charge in [-0.15, -0.1) is 11.8 Å². The molecule has 1 aliphatic rings. The minimum atomic E-state index is -0.991. The lowest BCUT2D eigenvalue weighted by molar-refractivity contribution is -0.245. The van der Waals surface area contributed by atoms with E-state index in [0.29, 0.717) is 6.54 Å². The monoisotopic (exact) mass is 521 g/mol. The lowest BCUT2D eigenvalue weighted by atomic mass is 10.0. The first-order valence-corrected chi connectivity index (χ1v) is 13.2. The van der Waals surface area contributed by atoms with Gasteiger partial charge in [0.25, 0.3) is 0 Å². The van der Waals surface area contributed by atoms with Crippen molar-refractivity contribution in [1.82, 2.24) is 5.32 Å². The number of amides is 1. The molecule has 0 aromatic heterocycles. The van der Waals surface area contributed by atoms with Gasteiger partial charge in [-0.1, -0.05) is 66.7 Å². The van der Waals surface area contributed by atoms with E-state index in [1.807, 2.05) is 66.7 Å². The first-order chi connectivity index (χ1) is 18.0. The molecule has 0 unspecified atom stereocenters. The molecule has 3 atom stereocenters. The number of thioether (sulfide) groups is 1. The molecule has 1 saturated heterocycles. The Balaban J connectivity index is 1.43. The molecule has 1 amide bonds. The van der Waals surface area contributed by atoms with E-state index in [9.17, 15) is 14.7 Å². The molecule has 4 rings (SSSR count). The summed E-state index contributed by atoms with van der Waals surface area (Å²) in [4.78, 5) is 23.6. The molecule has 0 bridgehead atoms. The molecule has 194 valence electrons. The highest BCUT2D eigenvalue weighted by atomic mass is 32.2. The van der Waals surface area contributed by atoms with Gasteiger partial charge in [0.15, 0.2) is 6.29 Å². The Bertz CT molecular complexity index is 1150. The van der Waals surface area contributed by atoms with Crippen LogP contribution in [0.25, 0.3) is 0 Å². The molecule has 7 nitrogen and oxygen atoms in total. The van der Waals surface area contributed by atoms with Crippen molar-refractivity contribution in [3.05, 3.63) is 101 Å². The van der Waals surface area contributed by atoms with Crippen molar-refractivity contribution in [1.29, 1.82) is 0 Å². The van der Waals surface area contributed by atoms with Crippen LogP contribution in [0.15, 0.2) is 83.8 Å². The third-order valence-corrected chi connectivity index (χ3v) is 7.25. The summed E-state index contributed by atoms with van der Waals surface area (Å²) in [7, 11) is 0. The van der Waals surface area contributed by atoms with Crippen molar-refractivity contribution in [2.45, 2.75) is 55.8 Å². The fourth-order valence-corrected chi connectivity index (χ4v) is 4.97. The summed E-state index contributed by atoms with van der Waals surface area (Å²) in [6.45, 7) is 0.321. The van der Waals surface area contributed by atoms with Gasteiger partial charge in [0.05, 0.1) is 25.2 Å². The highest BCUT2D eigenvalue weighted by molar-refractivity contribution is 7.99. The summed E-state index contributed by atoms with van der Waals surface area (Å²) in [6, 6.07) is 25.7. The highest BCUT2D eigenvalue weighted by Gasteiger charge is 2.32. The van der Waals surface area contributed by atoms with Crippen LogP contribution < -0.4 is 5.32 Å². The fraction of sp³-hybridized carbons (Fsp3) is 0.310. The van der Waals surface area contributed by atoms with Gasteiger partial charge in [-0.3, -0.25) is 9.59 Å². The first kappa shape index (κ1) is 26.9. The molecule has 0 radical (unpaired) electrons. The summed E-state index contributed by atoms with van der Waals surface area (Å²) in [5.74, 6) is -0.496.